The van der Waals surface area contributed by atoms with Gasteiger partial charge in [0.25, 0.3) is 5.56 Å². The Bertz CT molecular complexity index is 2950. The molecule has 13 nitrogen and oxygen atoms in total. The van der Waals surface area contributed by atoms with Gasteiger partial charge in [-0.25, -0.2) is 19.6 Å². The summed E-state index contributed by atoms with van der Waals surface area (Å²) in [5.41, 5.74) is 4.27. The Hall–Kier alpha value is -7.80. The fraction of sp³-hybridized carbons (Fsp3) is 0.167. The highest BCUT2D eigenvalue weighted by molar-refractivity contribution is 6.06. The summed E-state index contributed by atoms with van der Waals surface area (Å²) in [6, 6.07) is 38.9. The summed E-state index contributed by atoms with van der Waals surface area (Å²) >= 11 is 0. The Morgan fingerprint density at radius 1 is 0.820 bits per heavy atom. The van der Waals surface area contributed by atoms with E-state index >= 15 is 0 Å². The van der Waals surface area contributed by atoms with Crippen molar-refractivity contribution in [2.24, 2.45) is 0 Å². The van der Waals surface area contributed by atoms with Crippen molar-refractivity contribution >= 4 is 45.1 Å². The number of aromatic amines is 1. The zero-order chi connectivity index (χ0) is 42.1. The topological polar surface area (TPSA) is 162 Å². The van der Waals surface area contributed by atoms with Gasteiger partial charge in [0.15, 0.2) is 22.9 Å². The van der Waals surface area contributed by atoms with Gasteiger partial charge in [-0.2, -0.15) is 0 Å². The van der Waals surface area contributed by atoms with Crippen LogP contribution in [0.15, 0.2) is 156 Å². The van der Waals surface area contributed by atoms with Crippen molar-refractivity contribution in [3.63, 3.8) is 0 Å². The van der Waals surface area contributed by atoms with Gasteiger partial charge in [0.1, 0.15) is 11.2 Å². The van der Waals surface area contributed by atoms with Gasteiger partial charge < -0.3 is 25.1 Å². The molecule has 3 heterocycles. The highest BCUT2D eigenvalue weighted by atomic mass is 16.5. The number of hydrogen-bond acceptors (Lipinski definition) is 8. The second-order valence-corrected chi connectivity index (χ2v) is 14.6. The van der Waals surface area contributed by atoms with Crippen molar-refractivity contribution in [1.29, 1.82) is 0 Å². The Morgan fingerprint density at radius 3 is 2.41 bits per heavy atom. The molecule has 1 aliphatic carbocycles. The van der Waals surface area contributed by atoms with Crippen LogP contribution in [0.3, 0.4) is 0 Å². The first-order valence-electron chi connectivity index (χ1n) is 20.0. The molecule has 1 saturated carbocycles. The number of ether oxygens (including phenoxy) is 2. The number of hydrogen-bond donors (Lipinski definition) is 3. The number of benzene rings is 5. The molecular formula is C48H43N7O6. The van der Waals surface area contributed by atoms with Gasteiger partial charge in [-0.05, 0) is 91.2 Å². The molecule has 5 aromatic carbocycles. The fourth-order valence-corrected chi connectivity index (χ4v) is 7.40. The predicted molar refractivity (Wildman–Crippen MR) is 236 cm³/mol. The number of anilines is 2. The average Bonchev–Trinajstić information content (AvgIpc) is 3.96. The summed E-state index contributed by atoms with van der Waals surface area (Å²) in [4.78, 5) is 62.0. The lowest BCUT2D eigenvalue weighted by atomic mass is 10.1. The number of aromatic nitrogens is 5. The molecule has 3 N–H and O–H groups in total. The van der Waals surface area contributed by atoms with E-state index in [2.05, 4.69) is 25.6 Å². The van der Waals surface area contributed by atoms with Crippen molar-refractivity contribution in [2.45, 2.75) is 44.8 Å². The molecule has 9 rings (SSSR count). The molecule has 1 fully saturated rings. The molecule has 0 bridgehead atoms. The van der Waals surface area contributed by atoms with E-state index < -0.39 is 0 Å². The maximum absolute atomic E-state index is 13.6. The number of Topliss-reactive ketones (excluding diaryl/α,β-unsaturated/α-hetero) is 1. The predicted octanol–water partition coefficient (Wildman–Crippen LogP) is 8.56. The Morgan fingerprint density at radius 2 is 1.61 bits per heavy atom. The number of H-pyrrole nitrogens is 1. The monoisotopic (exact) mass is 813 g/mol. The van der Waals surface area contributed by atoms with Crippen LogP contribution < -0.4 is 31.4 Å². The van der Waals surface area contributed by atoms with Crippen LogP contribution in [-0.2, 0) is 13.0 Å². The fourth-order valence-electron chi connectivity index (χ4n) is 7.40. The molecule has 0 aliphatic heterocycles. The average molecular weight is 814 g/mol. The highest BCUT2D eigenvalue weighted by Crippen LogP contribution is 2.33. The standard InChI is InChI=1S/C31H23N5O2.C17H20N2O4/c37-30-28(19-21-9-2-1-3-10-21)34-27-17-8-18-32-29(27)36(30)24-14-7-13-23(20-24)33-31(38)35-26-16-6-12-22-11-4-5-15-25(22)26;1-22-15-7-6-12(10-16(15)23-13-4-2-3-5-13)14(20)11-19-9-8-18-17(19)21/h1-18,20H,19H2,(H2,33,35,38);6-10,13H,2-5,11H2,1H3,(H,18,21). The van der Waals surface area contributed by atoms with Crippen LogP contribution in [-0.4, -0.2) is 49.1 Å². The molecule has 0 radical (unpaired) electrons. The minimum Gasteiger partial charge on any atom is -0.493 e. The van der Waals surface area contributed by atoms with Gasteiger partial charge in [-0.15, -0.1) is 0 Å². The molecule has 0 saturated heterocycles. The van der Waals surface area contributed by atoms with Crippen LogP contribution >= 0.6 is 0 Å². The Kier molecular flexibility index (Phi) is 12.1. The number of carbonyl (C=O) groups is 2. The summed E-state index contributed by atoms with van der Waals surface area (Å²) < 4.78 is 14.2. The first-order chi connectivity index (χ1) is 29.8. The summed E-state index contributed by atoms with van der Waals surface area (Å²) in [7, 11) is 1.58. The smallest absolute Gasteiger partial charge is 0.325 e. The molecule has 0 spiro atoms. The molecule has 8 aromatic rings. The lowest BCUT2D eigenvalue weighted by Crippen LogP contribution is -2.25. The summed E-state index contributed by atoms with van der Waals surface area (Å²) in [5, 5.41) is 7.80. The lowest BCUT2D eigenvalue weighted by molar-refractivity contribution is 0.0970. The van der Waals surface area contributed by atoms with Crippen molar-refractivity contribution in [1.82, 2.24) is 24.1 Å². The van der Waals surface area contributed by atoms with Crippen LogP contribution in [0.1, 0.15) is 47.3 Å². The van der Waals surface area contributed by atoms with E-state index in [4.69, 9.17) is 9.47 Å². The molecule has 61 heavy (non-hydrogen) atoms. The van der Waals surface area contributed by atoms with Gasteiger partial charge >= 0.3 is 11.7 Å². The summed E-state index contributed by atoms with van der Waals surface area (Å²) in [6.07, 6.45) is 9.68. The summed E-state index contributed by atoms with van der Waals surface area (Å²) in [6.45, 7) is -0.00245. The third kappa shape index (κ3) is 9.42. The molecule has 1 aliphatic rings. The Balaban J connectivity index is 0.000000191. The van der Waals surface area contributed by atoms with E-state index in [9.17, 15) is 19.2 Å². The van der Waals surface area contributed by atoms with Crippen molar-refractivity contribution in [3.8, 4) is 17.2 Å². The third-order valence-corrected chi connectivity index (χ3v) is 10.4. The molecule has 3 aromatic heterocycles. The number of carbonyl (C=O) groups excluding carboxylic acids is 2. The number of rotatable bonds is 11. The number of methoxy groups -OCH3 is 1. The van der Waals surface area contributed by atoms with E-state index in [0.29, 0.717) is 57.4 Å². The second kappa shape index (κ2) is 18.4. The SMILES string of the molecule is COc1ccc(C(=O)Cn2cc[nH]c2=O)cc1OC1CCCC1.O=C(Nc1cccc(-n2c(=O)c(Cc3ccccc3)nc3cccnc32)c1)Nc1cccc2ccccc12. The van der Waals surface area contributed by atoms with E-state index in [1.165, 1.54) is 23.6 Å². The van der Waals surface area contributed by atoms with E-state index in [1.54, 1.807) is 66.5 Å². The van der Waals surface area contributed by atoms with Crippen LogP contribution in [0.25, 0.3) is 27.6 Å². The molecular weight excluding hydrogens is 771 g/mol. The van der Waals surface area contributed by atoms with Gasteiger partial charge in [0.2, 0.25) is 0 Å². The highest BCUT2D eigenvalue weighted by Gasteiger charge is 2.20. The zero-order valence-electron chi connectivity index (χ0n) is 33.4. The number of ketones is 1. The first kappa shape index (κ1) is 40.0. The molecule has 2 amide bonds. The molecule has 306 valence electrons. The largest absolute Gasteiger partial charge is 0.493 e. The number of urea groups is 1. The van der Waals surface area contributed by atoms with Crippen LogP contribution in [0.2, 0.25) is 0 Å². The quantitative estimate of drug-likeness (QED) is 0.110. The van der Waals surface area contributed by atoms with E-state index in [0.717, 1.165) is 29.2 Å². The van der Waals surface area contributed by atoms with Gasteiger partial charge in [-0.3, -0.25) is 18.7 Å². The number of nitrogens with zero attached hydrogens (tertiary/aromatic N) is 4. The Labute approximate surface area is 350 Å². The number of nitrogens with one attached hydrogen (secondary N) is 3. The number of imidazole rings is 1. The van der Waals surface area contributed by atoms with E-state index in [1.807, 2.05) is 84.9 Å². The lowest BCUT2D eigenvalue weighted by Gasteiger charge is -2.16. The normalized spacial score (nSPS) is 12.4. The van der Waals surface area contributed by atoms with Gasteiger partial charge in [-0.1, -0.05) is 72.8 Å². The van der Waals surface area contributed by atoms with Crippen molar-refractivity contribution in [2.75, 3.05) is 17.7 Å². The minimum absolute atomic E-state index is 0.00245. The van der Waals surface area contributed by atoms with Gasteiger partial charge in [0, 0.05) is 41.6 Å². The molecule has 0 unspecified atom stereocenters. The first-order valence-corrected chi connectivity index (χ1v) is 20.0. The van der Waals surface area contributed by atoms with Crippen molar-refractivity contribution in [3.05, 3.63) is 184 Å². The number of pyridine rings is 1. The molecule has 0 atom stereocenters. The maximum atomic E-state index is 13.6. The van der Waals surface area contributed by atoms with E-state index in [-0.39, 0.29) is 35.7 Å². The second-order valence-electron chi connectivity index (χ2n) is 14.6. The maximum Gasteiger partial charge on any atom is 0.325 e. The summed E-state index contributed by atoms with van der Waals surface area (Å²) in [5.74, 6) is 1.06. The number of fused-ring (bicyclic) bond motifs is 2. The minimum atomic E-state index is -0.381. The van der Waals surface area contributed by atoms with Crippen LogP contribution in [0.4, 0.5) is 16.2 Å². The zero-order valence-corrected chi connectivity index (χ0v) is 33.4. The van der Waals surface area contributed by atoms with Crippen molar-refractivity contribution < 1.29 is 19.1 Å². The third-order valence-electron chi connectivity index (χ3n) is 10.4. The van der Waals surface area contributed by atoms with Gasteiger partial charge in [0.05, 0.1) is 31.1 Å². The van der Waals surface area contributed by atoms with Crippen LogP contribution in [0, 0.1) is 0 Å². The number of amides is 2. The van der Waals surface area contributed by atoms with Crippen LogP contribution in [0.5, 0.6) is 11.5 Å². The molecule has 13 heteroatoms.